The molecule has 0 saturated heterocycles. The van der Waals surface area contributed by atoms with Crippen LogP contribution < -0.4 is 5.32 Å². The van der Waals surface area contributed by atoms with Crippen molar-refractivity contribution in [1.29, 1.82) is 0 Å². The maximum absolute atomic E-state index is 12.1. The summed E-state index contributed by atoms with van der Waals surface area (Å²) < 4.78 is 45.5. The van der Waals surface area contributed by atoms with E-state index in [1.165, 1.54) is 0 Å². The molecule has 1 aromatic rings. The second-order valence-corrected chi connectivity index (χ2v) is 5.12. The molecule has 1 aromatic carbocycles. The van der Waals surface area contributed by atoms with Gasteiger partial charge in [-0.25, -0.2) is 9.59 Å². The molecule has 0 heterocycles. The second kappa shape index (κ2) is 9.79. The maximum Gasteiger partial charge on any atom is 0.422 e. The zero-order chi connectivity index (χ0) is 18.0. The molecule has 0 aliphatic heterocycles. The largest absolute Gasteiger partial charge is 0.455 e. The first-order valence-electron chi connectivity index (χ1n) is 7.52. The summed E-state index contributed by atoms with van der Waals surface area (Å²) in [6.07, 6.45) is -4.06. The van der Waals surface area contributed by atoms with Gasteiger partial charge in [-0.15, -0.1) is 0 Å². The number of ether oxygens (including phenoxy) is 2. The molecule has 1 amide bonds. The van der Waals surface area contributed by atoms with Gasteiger partial charge in [-0.3, -0.25) is 0 Å². The summed E-state index contributed by atoms with van der Waals surface area (Å²) in [6, 6.07) is 7.68. The summed E-state index contributed by atoms with van der Waals surface area (Å²) in [5.74, 6) is -1.13. The van der Waals surface area contributed by atoms with Crippen LogP contribution in [0.15, 0.2) is 30.3 Å². The SMILES string of the molecule is CCCC[C@H](NC(=O)OCc1ccccc1)C(=O)OCC(F)(F)F. The summed E-state index contributed by atoms with van der Waals surface area (Å²) >= 11 is 0. The number of rotatable bonds is 8. The summed E-state index contributed by atoms with van der Waals surface area (Å²) in [5, 5.41) is 2.26. The standard InChI is InChI=1S/C16H20F3NO4/c1-2-3-9-13(14(21)24-11-16(17,18)19)20-15(22)23-10-12-7-5-4-6-8-12/h4-8,13H,2-3,9-11H2,1H3,(H,20,22)/t13-/m0/s1. The molecular formula is C16H20F3NO4. The highest BCUT2D eigenvalue weighted by molar-refractivity contribution is 5.81. The van der Waals surface area contributed by atoms with Crippen molar-refractivity contribution < 1.29 is 32.2 Å². The number of hydrogen-bond donors (Lipinski definition) is 1. The first-order chi connectivity index (χ1) is 11.3. The number of hydrogen-bond acceptors (Lipinski definition) is 4. The Morgan fingerprint density at radius 3 is 2.42 bits per heavy atom. The minimum atomic E-state index is -4.61. The van der Waals surface area contributed by atoms with Gasteiger partial charge in [-0.05, 0) is 12.0 Å². The molecule has 24 heavy (non-hydrogen) atoms. The Bertz CT molecular complexity index is 520. The minimum Gasteiger partial charge on any atom is -0.455 e. The summed E-state index contributed by atoms with van der Waals surface area (Å²) in [5.41, 5.74) is 0.748. The fourth-order valence-corrected chi connectivity index (χ4v) is 1.82. The molecular weight excluding hydrogens is 327 g/mol. The van der Waals surface area contributed by atoms with E-state index < -0.39 is 30.9 Å². The van der Waals surface area contributed by atoms with Crippen molar-refractivity contribution in [1.82, 2.24) is 5.32 Å². The van der Waals surface area contributed by atoms with E-state index >= 15 is 0 Å². The van der Waals surface area contributed by atoms with Gasteiger partial charge >= 0.3 is 18.2 Å². The Morgan fingerprint density at radius 2 is 1.83 bits per heavy atom. The molecule has 5 nitrogen and oxygen atoms in total. The van der Waals surface area contributed by atoms with Gasteiger partial charge in [0.15, 0.2) is 6.61 Å². The number of carbonyl (C=O) groups excluding carboxylic acids is 2. The van der Waals surface area contributed by atoms with Crippen LogP contribution in [0, 0.1) is 0 Å². The number of halogens is 3. The molecule has 0 saturated carbocycles. The van der Waals surface area contributed by atoms with Crippen LogP contribution in [0.25, 0.3) is 0 Å². The highest BCUT2D eigenvalue weighted by Gasteiger charge is 2.32. The van der Waals surface area contributed by atoms with Gasteiger partial charge in [0, 0.05) is 0 Å². The first kappa shape index (κ1) is 19.8. The topological polar surface area (TPSA) is 64.6 Å². The highest BCUT2D eigenvalue weighted by Crippen LogP contribution is 2.15. The zero-order valence-electron chi connectivity index (χ0n) is 13.3. The van der Waals surface area contributed by atoms with Crippen LogP contribution in [0.2, 0.25) is 0 Å². The summed E-state index contributed by atoms with van der Waals surface area (Å²) in [4.78, 5) is 23.4. The molecule has 0 radical (unpaired) electrons. The Morgan fingerprint density at radius 1 is 1.17 bits per heavy atom. The van der Waals surface area contributed by atoms with Crippen molar-refractivity contribution in [2.45, 2.75) is 45.0 Å². The molecule has 0 aliphatic carbocycles. The van der Waals surface area contributed by atoms with Crippen LogP contribution in [0.1, 0.15) is 31.7 Å². The minimum absolute atomic E-state index is 0.00916. The lowest BCUT2D eigenvalue weighted by molar-refractivity contribution is -0.187. The molecule has 1 rings (SSSR count). The number of amides is 1. The van der Waals surface area contributed by atoms with Gasteiger partial charge in [-0.2, -0.15) is 13.2 Å². The van der Waals surface area contributed by atoms with E-state index in [0.29, 0.717) is 12.8 Å². The van der Waals surface area contributed by atoms with Gasteiger partial charge in [0.2, 0.25) is 0 Å². The fourth-order valence-electron chi connectivity index (χ4n) is 1.82. The van der Waals surface area contributed by atoms with Crippen LogP contribution in [0.5, 0.6) is 0 Å². The third kappa shape index (κ3) is 8.40. The van der Waals surface area contributed by atoms with Crippen LogP contribution in [0.3, 0.4) is 0 Å². The Hall–Kier alpha value is -2.25. The molecule has 0 aliphatic rings. The van der Waals surface area contributed by atoms with Crippen molar-refractivity contribution in [2.75, 3.05) is 6.61 Å². The molecule has 1 atom stereocenters. The Labute approximate surface area is 138 Å². The predicted octanol–water partition coefficient (Wildman–Crippen LogP) is 3.58. The zero-order valence-corrected chi connectivity index (χ0v) is 13.3. The Balaban J connectivity index is 2.51. The molecule has 0 bridgehead atoms. The lowest BCUT2D eigenvalue weighted by Gasteiger charge is -2.18. The fraction of sp³-hybridized carbons (Fsp3) is 0.500. The third-order valence-electron chi connectivity index (χ3n) is 3.01. The monoisotopic (exact) mass is 347 g/mol. The van der Waals surface area contributed by atoms with E-state index in [9.17, 15) is 22.8 Å². The van der Waals surface area contributed by atoms with Crippen LogP contribution in [-0.4, -0.2) is 30.9 Å². The van der Waals surface area contributed by atoms with Crippen molar-refractivity contribution in [3.05, 3.63) is 35.9 Å². The average Bonchev–Trinajstić information content (AvgIpc) is 2.54. The van der Waals surface area contributed by atoms with Crippen molar-refractivity contribution in [3.63, 3.8) is 0 Å². The van der Waals surface area contributed by atoms with E-state index in [1.54, 1.807) is 30.3 Å². The second-order valence-electron chi connectivity index (χ2n) is 5.12. The molecule has 0 aromatic heterocycles. The molecule has 0 unspecified atom stereocenters. The van der Waals surface area contributed by atoms with Gasteiger partial charge in [0.1, 0.15) is 12.6 Å². The lowest BCUT2D eigenvalue weighted by Crippen LogP contribution is -2.43. The molecule has 0 spiro atoms. The number of alkyl carbamates (subject to hydrolysis) is 1. The highest BCUT2D eigenvalue weighted by atomic mass is 19.4. The van der Waals surface area contributed by atoms with E-state index in [4.69, 9.17) is 4.74 Å². The van der Waals surface area contributed by atoms with Crippen molar-refractivity contribution in [2.24, 2.45) is 0 Å². The predicted molar refractivity (Wildman–Crippen MR) is 80.1 cm³/mol. The van der Waals surface area contributed by atoms with Crippen LogP contribution >= 0.6 is 0 Å². The number of alkyl halides is 3. The van der Waals surface area contributed by atoms with E-state index in [2.05, 4.69) is 10.1 Å². The maximum atomic E-state index is 12.1. The van der Waals surface area contributed by atoms with Crippen LogP contribution in [-0.2, 0) is 20.9 Å². The van der Waals surface area contributed by atoms with Crippen molar-refractivity contribution in [3.8, 4) is 0 Å². The van der Waals surface area contributed by atoms with Crippen LogP contribution in [0.4, 0.5) is 18.0 Å². The first-order valence-corrected chi connectivity index (χ1v) is 7.52. The number of nitrogens with one attached hydrogen (secondary N) is 1. The van der Waals surface area contributed by atoms with E-state index in [0.717, 1.165) is 5.56 Å². The van der Waals surface area contributed by atoms with Gasteiger partial charge in [0.25, 0.3) is 0 Å². The van der Waals surface area contributed by atoms with Crippen molar-refractivity contribution >= 4 is 12.1 Å². The molecule has 8 heteroatoms. The quantitative estimate of drug-likeness (QED) is 0.730. The number of carbonyl (C=O) groups is 2. The number of esters is 1. The van der Waals surface area contributed by atoms with Gasteiger partial charge < -0.3 is 14.8 Å². The molecule has 0 fully saturated rings. The van der Waals surface area contributed by atoms with E-state index in [1.807, 2.05) is 6.92 Å². The smallest absolute Gasteiger partial charge is 0.422 e. The molecule has 1 N–H and O–H groups in total. The van der Waals surface area contributed by atoms with E-state index in [-0.39, 0.29) is 13.0 Å². The number of benzene rings is 1. The normalized spacial score (nSPS) is 12.3. The van der Waals surface area contributed by atoms with Gasteiger partial charge in [0.05, 0.1) is 0 Å². The lowest BCUT2D eigenvalue weighted by atomic mass is 10.1. The average molecular weight is 347 g/mol. The number of unbranched alkanes of at least 4 members (excludes halogenated alkanes) is 1. The Kier molecular flexibility index (Phi) is 8.08. The molecule has 134 valence electrons. The summed E-state index contributed by atoms with van der Waals surface area (Å²) in [6.45, 7) is 0.159. The summed E-state index contributed by atoms with van der Waals surface area (Å²) in [7, 11) is 0. The van der Waals surface area contributed by atoms with Gasteiger partial charge in [-0.1, -0.05) is 50.1 Å². The third-order valence-corrected chi connectivity index (χ3v) is 3.01.